The van der Waals surface area contributed by atoms with Gasteiger partial charge in [-0.05, 0) is 42.6 Å². The number of alkyl halides is 3. The summed E-state index contributed by atoms with van der Waals surface area (Å²) in [7, 11) is -3.89. The number of carbonyl (C=O) groups excluding carboxylic acids is 1. The van der Waals surface area contributed by atoms with Crippen molar-refractivity contribution >= 4 is 38.1 Å². The first-order valence-corrected chi connectivity index (χ1v) is 12.3. The van der Waals surface area contributed by atoms with Gasteiger partial charge in [0, 0.05) is 37.3 Å². The second-order valence-corrected chi connectivity index (χ2v) is 10.3. The Hall–Kier alpha value is -3.27. The van der Waals surface area contributed by atoms with E-state index in [2.05, 4.69) is 0 Å². The molecular weight excluding hydrogens is 467 g/mol. The number of hydrogen-bond acceptors (Lipinski definition) is 4. The predicted octanol–water partition coefficient (Wildman–Crippen LogP) is 4.10. The molecule has 34 heavy (non-hydrogen) atoms. The number of carbonyl (C=O) groups is 1. The molecule has 0 radical (unpaired) electrons. The van der Waals surface area contributed by atoms with Crippen molar-refractivity contribution in [2.24, 2.45) is 0 Å². The van der Waals surface area contributed by atoms with E-state index in [1.54, 1.807) is 47.1 Å². The van der Waals surface area contributed by atoms with Crippen LogP contribution in [0.2, 0.25) is 0 Å². The highest BCUT2D eigenvalue weighted by Crippen LogP contribution is 2.43. The van der Waals surface area contributed by atoms with Crippen molar-refractivity contribution < 1.29 is 26.4 Å². The van der Waals surface area contributed by atoms with Gasteiger partial charge in [-0.3, -0.25) is 9.10 Å². The van der Waals surface area contributed by atoms with Crippen LogP contribution in [0, 0.1) is 0 Å². The van der Waals surface area contributed by atoms with Crippen molar-refractivity contribution in [3.05, 3.63) is 66.2 Å². The molecule has 3 aromatic carbocycles. The molecule has 1 atom stereocenters. The van der Waals surface area contributed by atoms with E-state index in [0.29, 0.717) is 29.9 Å². The van der Waals surface area contributed by atoms with Gasteiger partial charge in [-0.25, -0.2) is 8.42 Å². The number of hydrogen-bond donors (Lipinski definition) is 0. The van der Waals surface area contributed by atoms with Crippen LogP contribution in [-0.4, -0.2) is 51.4 Å². The number of halogens is 3. The van der Waals surface area contributed by atoms with E-state index in [1.807, 2.05) is 12.1 Å². The second kappa shape index (κ2) is 7.90. The van der Waals surface area contributed by atoms with Crippen molar-refractivity contribution in [1.29, 1.82) is 0 Å². The van der Waals surface area contributed by atoms with Gasteiger partial charge in [-0.2, -0.15) is 13.2 Å². The summed E-state index contributed by atoms with van der Waals surface area (Å²) in [5.41, 5.74) is 0.209. The minimum absolute atomic E-state index is 0.189. The highest BCUT2D eigenvalue weighted by molar-refractivity contribution is 7.93. The van der Waals surface area contributed by atoms with Gasteiger partial charge < -0.3 is 9.80 Å². The summed E-state index contributed by atoms with van der Waals surface area (Å²) in [5.74, 6) is -0.336. The minimum Gasteiger partial charge on any atom is -0.368 e. The second-order valence-electron chi connectivity index (χ2n) is 8.47. The van der Waals surface area contributed by atoms with Crippen LogP contribution < -0.4 is 9.21 Å². The van der Waals surface area contributed by atoms with Gasteiger partial charge in [0.2, 0.25) is 5.91 Å². The molecule has 0 N–H and O–H groups in total. The molecule has 2 aliphatic heterocycles. The Morgan fingerprint density at radius 3 is 2.26 bits per heavy atom. The zero-order valence-corrected chi connectivity index (χ0v) is 19.1. The maximum Gasteiger partial charge on any atom is 0.416 e. The standard InChI is InChI=1S/C24H22F3N3O3S/c1-16(30-20-9-2-5-17-6-3-10-21(22(17)20)34(30,32)33)23(31)29-13-11-28(12-14-29)19-8-4-7-18(15-19)24(25,26)27/h2-10,15-16H,11-14H2,1H3/t16-/m0/s1. The van der Waals surface area contributed by atoms with E-state index < -0.39 is 27.8 Å². The third kappa shape index (κ3) is 3.56. The molecule has 5 rings (SSSR count). The van der Waals surface area contributed by atoms with Crippen molar-refractivity contribution in [3.63, 3.8) is 0 Å². The first-order chi connectivity index (χ1) is 16.1. The van der Waals surface area contributed by atoms with E-state index in [-0.39, 0.29) is 23.9 Å². The SMILES string of the molecule is C[C@@H](C(=O)N1CCN(c2cccc(C(F)(F)F)c2)CC1)N1c2cccc3cccc(c23)S1(=O)=O. The molecule has 2 aliphatic rings. The van der Waals surface area contributed by atoms with E-state index in [1.165, 1.54) is 10.4 Å². The van der Waals surface area contributed by atoms with Gasteiger partial charge in [0.05, 0.1) is 16.1 Å². The Kier molecular flexibility index (Phi) is 5.23. The summed E-state index contributed by atoms with van der Waals surface area (Å²) < 4.78 is 67.0. The molecule has 6 nitrogen and oxygen atoms in total. The number of anilines is 2. The lowest BCUT2D eigenvalue weighted by molar-refractivity contribution is -0.137. The number of sulfonamides is 1. The van der Waals surface area contributed by atoms with Gasteiger partial charge in [0.25, 0.3) is 10.0 Å². The number of benzene rings is 3. The molecule has 1 amide bonds. The maximum absolute atomic E-state index is 13.3. The van der Waals surface area contributed by atoms with E-state index in [4.69, 9.17) is 0 Å². The Labute approximate surface area is 195 Å². The molecule has 3 aromatic rings. The van der Waals surface area contributed by atoms with Gasteiger partial charge in [-0.1, -0.05) is 30.3 Å². The number of piperazine rings is 1. The Morgan fingerprint density at radius 2 is 1.59 bits per heavy atom. The molecule has 2 heterocycles. The number of rotatable bonds is 3. The van der Waals surface area contributed by atoms with Crippen LogP contribution in [0.4, 0.5) is 24.5 Å². The van der Waals surface area contributed by atoms with Gasteiger partial charge in [0.1, 0.15) is 6.04 Å². The summed E-state index contributed by atoms with van der Waals surface area (Å²) in [5, 5.41) is 1.40. The molecule has 1 fully saturated rings. The molecule has 1 saturated heterocycles. The van der Waals surface area contributed by atoms with E-state index >= 15 is 0 Å². The highest BCUT2D eigenvalue weighted by atomic mass is 32.2. The Morgan fingerprint density at radius 1 is 0.941 bits per heavy atom. The molecule has 178 valence electrons. The average Bonchev–Trinajstić information content (AvgIpc) is 3.06. The Balaban J connectivity index is 1.34. The lowest BCUT2D eigenvalue weighted by Crippen LogP contribution is -2.54. The van der Waals surface area contributed by atoms with Crippen LogP contribution in [0.3, 0.4) is 0 Å². The smallest absolute Gasteiger partial charge is 0.368 e. The fourth-order valence-electron chi connectivity index (χ4n) is 4.77. The monoisotopic (exact) mass is 489 g/mol. The maximum atomic E-state index is 13.3. The lowest BCUT2D eigenvalue weighted by Gasteiger charge is -2.38. The molecule has 0 spiro atoms. The summed E-state index contributed by atoms with van der Waals surface area (Å²) in [6, 6.07) is 14.5. The summed E-state index contributed by atoms with van der Waals surface area (Å²) >= 11 is 0. The van der Waals surface area contributed by atoms with E-state index in [9.17, 15) is 26.4 Å². The highest BCUT2D eigenvalue weighted by Gasteiger charge is 2.42. The molecule has 10 heteroatoms. The van der Waals surface area contributed by atoms with Crippen LogP contribution in [0.5, 0.6) is 0 Å². The van der Waals surface area contributed by atoms with Gasteiger partial charge in [0.15, 0.2) is 0 Å². The van der Waals surface area contributed by atoms with Crippen LogP contribution in [-0.2, 0) is 21.0 Å². The van der Waals surface area contributed by atoms with Crippen LogP contribution >= 0.6 is 0 Å². The lowest BCUT2D eigenvalue weighted by atomic mass is 10.1. The predicted molar refractivity (Wildman–Crippen MR) is 123 cm³/mol. The molecule has 0 aliphatic carbocycles. The molecule has 0 saturated carbocycles. The average molecular weight is 490 g/mol. The quantitative estimate of drug-likeness (QED) is 0.556. The topological polar surface area (TPSA) is 60.9 Å². The van der Waals surface area contributed by atoms with Gasteiger partial charge >= 0.3 is 6.18 Å². The third-order valence-corrected chi connectivity index (χ3v) is 8.38. The van der Waals surface area contributed by atoms with Crippen LogP contribution in [0.15, 0.2) is 65.6 Å². The van der Waals surface area contributed by atoms with Crippen LogP contribution in [0.25, 0.3) is 10.8 Å². The van der Waals surface area contributed by atoms with Crippen molar-refractivity contribution in [1.82, 2.24) is 4.90 Å². The zero-order chi connectivity index (χ0) is 24.3. The normalized spacial score (nSPS) is 18.4. The third-order valence-electron chi connectivity index (χ3n) is 6.46. The van der Waals surface area contributed by atoms with Crippen molar-refractivity contribution in [2.75, 3.05) is 35.4 Å². The molecule has 0 bridgehead atoms. The minimum atomic E-state index is -4.43. The number of amides is 1. The number of nitrogens with zero attached hydrogens (tertiary/aromatic N) is 3. The molecule has 0 aromatic heterocycles. The van der Waals surface area contributed by atoms with Crippen LogP contribution in [0.1, 0.15) is 12.5 Å². The largest absolute Gasteiger partial charge is 0.416 e. The summed E-state index contributed by atoms with van der Waals surface area (Å²) in [4.78, 5) is 16.9. The fraction of sp³-hybridized carbons (Fsp3) is 0.292. The summed E-state index contributed by atoms with van der Waals surface area (Å²) in [6.07, 6.45) is -4.43. The molecule has 0 unspecified atom stereocenters. The van der Waals surface area contributed by atoms with Crippen molar-refractivity contribution in [2.45, 2.75) is 24.0 Å². The van der Waals surface area contributed by atoms with Crippen molar-refractivity contribution in [3.8, 4) is 0 Å². The zero-order valence-electron chi connectivity index (χ0n) is 18.3. The van der Waals surface area contributed by atoms with E-state index in [0.717, 1.165) is 17.5 Å². The summed E-state index contributed by atoms with van der Waals surface area (Å²) in [6.45, 7) is 2.84. The molecular formula is C24H22F3N3O3S. The first-order valence-electron chi connectivity index (χ1n) is 10.9. The first kappa shape index (κ1) is 22.5. The fourth-order valence-corrected chi connectivity index (χ4v) is 6.63. The Bertz CT molecular complexity index is 1380. The van der Waals surface area contributed by atoms with Gasteiger partial charge in [-0.15, -0.1) is 0 Å².